The SMILES string of the molecule is CC(C)[C@H]1CC[C@@H](C)C[C@H]1OC(=O)[C@H]1CCCN(C(=O)C2CC2)C1. The summed E-state index contributed by atoms with van der Waals surface area (Å²) in [6.45, 7) is 8.11. The highest BCUT2D eigenvalue weighted by Crippen LogP contribution is 2.36. The second kappa shape index (κ2) is 7.45. The maximum atomic E-state index is 12.7. The molecule has 1 aliphatic heterocycles. The van der Waals surface area contributed by atoms with Gasteiger partial charge in [0.2, 0.25) is 5.91 Å². The lowest BCUT2D eigenvalue weighted by Gasteiger charge is -2.38. The first-order chi connectivity index (χ1) is 11.5. The first kappa shape index (κ1) is 17.8. The number of carbonyl (C=O) groups is 2. The van der Waals surface area contributed by atoms with Gasteiger partial charge in [-0.2, -0.15) is 0 Å². The van der Waals surface area contributed by atoms with Crippen molar-refractivity contribution in [3.8, 4) is 0 Å². The molecule has 4 heteroatoms. The minimum Gasteiger partial charge on any atom is -0.462 e. The van der Waals surface area contributed by atoms with Crippen LogP contribution in [0.3, 0.4) is 0 Å². The number of hydrogen-bond donors (Lipinski definition) is 0. The van der Waals surface area contributed by atoms with Crippen molar-refractivity contribution in [2.24, 2.45) is 29.6 Å². The minimum absolute atomic E-state index is 0.0620. The lowest BCUT2D eigenvalue weighted by Crippen LogP contribution is -2.45. The van der Waals surface area contributed by atoms with Crippen molar-refractivity contribution in [2.75, 3.05) is 13.1 Å². The Morgan fingerprint density at radius 1 is 1.04 bits per heavy atom. The van der Waals surface area contributed by atoms with Crippen LogP contribution in [-0.2, 0) is 14.3 Å². The van der Waals surface area contributed by atoms with Crippen LogP contribution in [0.15, 0.2) is 0 Å². The molecule has 0 N–H and O–H groups in total. The molecule has 0 aromatic heterocycles. The van der Waals surface area contributed by atoms with E-state index in [1.54, 1.807) is 0 Å². The van der Waals surface area contributed by atoms with Gasteiger partial charge in [0, 0.05) is 19.0 Å². The number of hydrogen-bond acceptors (Lipinski definition) is 3. The molecule has 2 aliphatic carbocycles. The third-order valence-electron chi connectivity index (χ3n) is 6.22. The van der Waals surface area contributed by atoms with Gasteiger partial charge in [-0.3, -0.25) is 9.59 Å². The zero-order valence-corrected chi connectivity index (χ0v) is 15.5. The molecule has 0 aromatic rings. The highest BCUT2D eigenvalue weighted by Gasteiger charge is 2.39. The van der Waals surface area contributed by atoms with E-state index in [0.29, 0.717) is 24.3 Å². The number of amides is 1. The van der Waals surface area contributed by atoms with Gasteiger partial charge >= 0.3 is 5.97 Å². The summed E-state index contributed by atoms with van der Waals surface area (Å²) in [5, 5.41) is 0. The van der Waals surface area contributed by atoms with Gasteiger partial charge in [0.05, 0.1) is 5.92 Å². The molecule has 0 aromatic carbocycles. The topological polar surface area (TPSA) is 46.6 Å². The van der Waals surface area contributed by atoms with E-state index in [4.69, 9.17) is 4.74 Å². The van der Waals surface area contributed by atoms with Crippen molar-refractivity contribution in [3.05, 3.63) is 0 Å². The first-order valence-electron chi connectivity index (χ1n) is 9.95. The molecule has 1 heterocycles. The summed E-state index contributed by atoms with van der Waals surface area (Å²) >= 11 is 0. The van der Waals surface area contributed by atoms with Gasteiger partial charge in [-0.1, -0.05) is 27.2 Å². The Hall–Kier alpha value is -1.06. The Labute approximate surface area is 146 Å². The van der Waals surface area contributed by atoms with Crippen LogP contribution in [0.4, 0.5) is 0 Å². The molecular formula is C20H33NO3. The van der Waals surface area contributed by atoms with Crippen molar-refractivity contribution < 1.29 is 14.3 Å². The lowest BCUT2D eigenvalue weighted by molar-refractivity contribution is -0.163. The molecule has 24 heavy (non-hydrogen) atoms. The van der Waals surface area contributed by atoms with E-state index < -0.39 is 0 Å². The Morgan fingerprint density at radius 2 is 1.79 bits per heavy atom. The van der Waals surface area contributed by atoms with Crippen molar-refractivity contribution in [2.45, 2.75) is 71.8 Å². The van der Waals surface area contributed by atoms with E-state index in [1.807, 2.05) is 4.90 Å². The van der Waals surface area contributed by atoms with Crippen molar-refractivity contribution in [1.82, 2.24) is 4.90 Å². The summed E-state index contributed by atoms with van der Waals surface area (Å²) in [5.41, 5.74) is 0. The number of ether oxygens (including phenoxy) is 1. The monoisotopic (exact) mass is 335 g/mol. The molecule has 1 saturated heterocycles. The van der Waals surface area contributed by atoms with Crippen LogP contribution in [-0.4, -0.2) is 36.0 Å². The smallest absolute Gasteiger partial charge is 0.311 e. The van der Waals surface area contributed by atoms with Gasteiger partial charge in [0.25, 0.3) is 0 Å². The molecule has 0 spiro atoms. The highest BCUT2D eigenvalue weighted by atomic mass is 16.5. The number of piperidine rings is 1. The summed E-state index contributed by atoms with van der Waals surface area (Å²) in [5.74, 6) is 1.99. The molecule has 0 bridgehead atoms. The molecule has 3 fully saturated rings. The maximum Gasteiger partial charge on any atom is 0.311 e. The van der Waals surface area contributed by atoms with Gasteiger partial charge in [-0.15, -0.1) is 0 Å². The number of likely N-dealkylation sites (tertiary alicyclic amines) is 1. The Bertz CT molecular complexity index is 472. The summed E-state index contributed by atoms with van der Waals surface area (Å²) in [4.78, 5) is 26.9. The second-order valence-corrected chi connectivity index (χ2v) is 8.70. The predicted molar refractivity (Wildman–Crippen MR) is 93.3 cm³/mol. The number of carbonyl (C=O) groups excluding carboxylic acids is 2. The predicted octanol–water partition coefficient (Wildman–Crippen LogP) is 3.64. The van der Waals surface area contributed by atoms with E-state index >= 15 is 0 Å². The number of nitrogens with zero attached hydrogens (tertiary/aromatic N) is 1. The van der Waals surface area contributed by atoms with Crippen LogP contribution in [0.1, 0.15) is 65.7 Å². The lowest BCUT2D eigenvalue weighted by atomic mass is 9.75. The molecule has 3 aliphatic rings. The van der Waals surface area contributed by atoms with Gasteiger partial charge in [0.15, 0.2) is 0 Å². The largest absolute Gasteiger partial charge is 0.462 e. The van der Waals surface area contributed by atoms with E-state index in [9.17, 15) is 9.59 Å². The normalized spacial score (nSPS) is 34.2. The van der Waals surface area contributed by atoms with Crippen molar-refractivity contribution in [3.63, 3.8) is 0 Å². The molecule has 4 atom stereocenters. The van der Waals surface area contributed by atoms with Gasteiger partial charge < -0.3 is 9.64 Å². The summed E-state index contributed by atoms with van der Waals surface area (Å²) in [6, 6.07) is 0. The minimum atomic E-state index is -0.119. The van der Waals surface area contributed by atoms with Crippen LogP contribution in [0.25, 0.3) is 0 Å². The van der Waals surface area contributed by atoms with Gasteiger partial charge in [-0.05, 0) is 56.3 Å². The fourth-order valence-corrected chi connectivity index (χ4v) is 4.45. The third-order valence-corrected chi connectivity index (χ3v) is 6.22. The number of esters is 1. The molecule has 0 radical (unpaired) electrons. The van der Waals surface area contributed by atoms with Crippen LogP contribution in [0.2, 0.25) is 0 Å². The Morgan fingerprint density at radius 3 is 2.46 bits per heavy atom. The molecule has 4 nitrogen and oxygen atoms in total. The Balaban J connectivity index is 1.57. The molecule has 3 rings (SSSR count). The van der Waals surface area contributed by atoms with Crippen LogP contribution in [0, 0.1) is 29.6 Å². The standard InChI is InChI=1S/C20H33NO3/c1-13(2)17-9-6-14(3)11-18(17)24-20(23)16-5-4-10-21(12-16)19(22)15-7-8-15/h13-18H,4-12H2,1-3H3/t14-,16+,17-,18-/m1/s1. The average molecular weight is 335 g/mol. The molecule has 0 unspecified atom stereocenters. The zero-order chi connectivity index (χ0) is 17.3. The molecule has 1 amide bonds. The average Bonchev–Trinajstić information content (AvgIpc) is 3.39. The van der Waals surface area contributed by atoms with Gasteiger partial charge in [0.1, 0.15) is 6.10 Å². The quantitative estimate of drug-likeness (QED) is 0.737. The Kier molecular flexibility index (Phi) is 5.51. The van der Waals surface area contributed by atoms with Crippen LogP contribution < -0.4 is 0 Å². The van der Waals surface area contributed by atoms with Crippen LogP contribution in [0.5, 0.6) is 0 Å². The molecule has 2 saturated carbocycles. The van der Waals surface area contributed by atoms with Crippen molar-refractivity contribution >= 4 is 11.9 Å². The van der Waals surface area contributed by atoms with Gasteiger partial charge in [-0.25, -0.2) is 0 Å². The maximum absolute atomic E-state index is 12.7. The van der Waals surface area contributed by atoms with Crippen molar-refractivity contribution in [1.29, 1.82) is 0 Å². The molecule has 136 valence electrons. The highest BCUT2D eigenvalue weighted by molar-refractivity contribution is 5.82. The summed E-state index contributed by atoms with van der Waals surface area (Å²) < 4.78 is 6.00. The summed E-state index contributed by atoms with van der Waals surface area (Å²) in [7, 11) is 0. The van der Waals surface area contributed by atoms with E-state index in [1.165, 1.54) is 6.42 Å². The van der Waals surface area contributed by atoms with E-state index in [2.05, 4.69) is 20.8 Å². The van der Waals surface area contributed by atoms with Crippen LogP contribution >= 0.6 is 0 Å². The third kappa shape index (κ3) is 4.12. The molecular weight excluding hydrogens is 302 g/mol. The first-order valence-corrected chi connectivity index (χ1v) is 9.95. The second-order valence-electron chi connectivity index (χ2n) is 8.70. The fraction of sp³-hybridized carbons (Fsp3) is 0.900. The summed E-state index contributed by atoms with van der Waals surface area (Å²) in [6.07, 6.45) is 7.30. The zero-order valence-electron chi connectivity index (χ0n) is 15.5. The fourth-order valence-electron chi connectivity index (χ4n) is 4.45. The van der Waals surface area contributed by atoms with E-state index in [0.717, 1.165) is 45.1 Å². The number of rotatable bonds is 4. The van der Waals surface area contributed by atoms with E-state index in [-0.39, 0.29) is 29.8 Å².